The molecule has 0 fully saturated rings. The molecular formula is C22H25N3O3. The van der Waals surface area contributed by atoms with E-state index in [4.69, 9.17) is 9.26 Å². The van der Waals surface area contributed by atoms with E-state index in [9.17, 15) is 4.79 Å². The standard InChI is InChI=1S/C22H25N3O3/c1-15-9-11-16(12-10-15)21-24-20(28-25-21)13-23-19(26)14-27-18-8-6-5-7-17(18)22(2,3)4/h5-12H,13-14H2,1-4H3,(H,23,26). The molecule has 0 saturated heterocycles. The lowest BCUT2D eigenvalue weighted by atomic mass is 9.86. The van der Waals surface area contributed by atoms with E-state index >= 15 is 0 Å². The van der Waals surface area contributed by atoms with Gasteiger partial charge in [-0.3, -0.25) is 4.79 Å². The Morgan fingerprint density at radius 2 is 1.82 bits per heavy atom. The van der Waals surface area contributed by atoms with Gasteiger partial charge in [-0.25, -0.2) is 0 Å². The number of hydrogen-bond donors (Lipinski definition) is 1. The molecule has 3 rings (SSSR count). The first kappa shape index (κ1) is 19.6. The van der Waals surface area contributed by atoms with Crippen LogP contribution in [0.2, 0.25) is 0 Å². The molecule has 6 heteroatoms. The molecule has 0 radical (unpaired) electrons. The Kier molecular flexibility index (Phi) is 5.78. The van der Waals surface area contributed by atoms with Gasteiger partial charge >= 0.3 is 0 Å². The van der Waals surface area contributed by atoms with Crippen LogP contribution in [0.1, 0.15) is 37.8 Å². The molecule has 0 spiro atoms. The Labute approximate surface area is 164 Å². The average molecular weight is 379 g/mol. The number of benzene rings is 2. The van der Waals surface area contributed by atoms with Gasteiger partial charge in [0.15, 0.2) is 6.61 Å². The highest BCUT2D eigenvalue weighted by atomic mass is 16.5. The molecule has 2 aromatic carbocycles. The minimum absolute atomic E-state index is 0.0663. The molecule has 146 valence electrons. The smallest absolute Gasteiger partial charge is 0.258 e. The number of nitrogens with one attached hydrogen (secondary N) is 1. The fourth-order valence-electron chi connectivity index (χ4n) is 2.73. The zero-order valence-electron chi connectivity index (χ0n) is 16.7. The second-order valence-electron chi connectivity index (χ2n) is 7.69. The third-order valence-electron chi connectivity index (χ3n) is 4.27. The van der Waals surface area contributed by atoms with E-state index in [2.05, 4.69) is 36.2 Å². The summed E-state index contributed by atoms with van der Waals surface area (Å²) in [4.78, 5) is 16.5. The van der Waals surface area contributed by atoms with E-state index in [0.29, 0.717) is 17.5 Å². The van der Waals surface area contributed by atoms with Crippen molar-refractivity contribution in [3.05, 3.63) is 65.5 Å². The van der Waals surface area contributed by atoms with Crippen molar-refractivity contribution >= 4 is 5.91 Å². The van der Waals surface area contributed by atoms with E-state index in [0.717, 1.165) is 16.7 Å². The topological polar surface area (TPSA) is 77.2 Å². The third-order valence-corrected chi connectivity index (χ3v) is 4.27. The molecule has 0 aliphatic heterocycles. The molecule has 6 nitrogen and oxygen atoms in total. The number of amides is 1. The lowest BCUT2D eigenvalue weighted by molar-refractivity contribution is -0.123. The first-order chi connectivity index (χ1) is 13.3. The summed E-state index contributed by atoms with van der Waals surface area (Å²) in [5.74, 6) is 1.31. The summed E-state index contributed by atoms with van der Waals surface area (Å²) in [6.45, 7) is 8.42. The zero-order valence-corrected chi connectivity index (χ0v) is 16.7. The van der Waals surface area contributed by atoms with Crippen LogP contribution in [0.25, 0.3) is 11.4 Å². The number of hydrogen-bond acceptors (Lipinski definition) is 5. The SMILES string of the molecule is Cc1ccc(-c2noc(CNC(=O)COc3ccccc3C(C)(C)C)n2)cc1. The lowest BCUT2D eigenvalue weighted by Gasteiger charge is -2.22. The van der Waals surface area contributed by atoms with E-state index in [1.54, 1.807) is 0 Å². The van der Waals surface area contributed by atoms with Gasteiger partial charge < -0.3 is 14.6 Å². The molecule has 0 atom stereocenters. The summed E-state index contributed by atoms with van der Waals surface area (Å²) in [6, 6.07) is 15.6. The highest BCUT2D eigenvalue weighted by Crippen LogP contribution is 2.30. The van der Waals surface area contributed by atoms with Crippen molar-refractivity contribution in [2.75, 3.05) is 6.61 Å². The van der Waals surface area contributed by atoms with Crippen LogP contribution in [-0.2, 0) is 16.8 Å². The Morgan fingerprint density at radius 3 is 2.54 bits per heavy atom. The summed E-state index contributed by atoms with van der Waals surface area (Å²) in [5, 5.41) is 6.70. The number of nitrogens with zero attached hydrogens (tertiary/aromatic N) is 2. The summed E-state index contributed by atoms with van der Waals surface area (Å²) < 4.78 is 10.9. The molecule has 1 aromatic heterocycles. The Bertz CT molecular complexity index is 940. The Balaban J connectivity index is 1.54. The van der Waals surface area contributed by atoms with Crippen LogP contribution in [0, 0.1) is 6.92 Å². The van der Waals surface area contributed by atoms with Crippen molar-refractivity contribution in [3.63, 3.8) is 0 Å². The number of ether oxygens (including phenoxy) is 1. The summed E-state index contributed by atoms with van der Waals surface area (Å²) in [5.41, 5.74) is 3.02. The van der Waals surface area contributed by atoms with Crippen molar-refractivity contribution in [2.45, 2.75) is 39.7 Å². The predicted molar refractivity (Wildman–Crippen MR) is 107 cm³/mol. The molecule has 1 heterocycles. The molecule has 1 N–H and O–H groups in total. The average Bonchev–Trinajstić information content (AvgIpc) is 3.14. The van der Waals surface area contributed by atoms with Gasteiger partial charge in [0, 0.05) is 5.56 Å². The second kappa shape index (κ2) is 8.25. The number of para-hydroxylation sites is 1. The van der Waals surface area contributed by atoms with Crippen molar-refractivity contribution in [2.24, 2.45) is 0 Å². The minimum Gasteiger partial charge on any atom is -0.483 e. The van der Waals surface area contributed by atoms with E-state index < -0.39 is 0 Å². The number of rotatable bonds is 6. The van der Waals surface area contributed by atoms with Crippen LogP contribution in [0.15, 0.2) is 53.1 Å². The number of carbonyl (C=O) groups excluding carboxylic acids is 1. The maximum atomic E-state index is 12.1. The molecule has 0 aliphatic carbocycles. The van der Waals surface area contributed by atoms with Gasteiger partial charge in [0.2, 0.25) is 11.7 Å². The van der Waals surface area contributed by atoms with Crippen LogP contribution in [-0.4, -0.2) is 22.7 Å². The fourth-order valence-corrected chi connectivity index (χ4v) is 2.73. The van der Waals surface area contributed by atoms with E-state index in [1.165, 1.54) is 0 Å². The predicted octanol–water partition coefficient (Wildman–Crippen LogP) is 4.04. The van der Waals surface area contributed by atoms with Gasteiger partial charge in [-0.2, -0.15) is 4.98 Å². The van der Waals surface area contributed by atoms with Crippen molar-refractivity contribution in [1.82, 2.24) is 15.5 Å². The van der Waals surface area contributed by atoms with Gasteiger partial charge in [-0.05, 0) is 24.0 Å². The van der Waals surface area contributed by atoms with E-state index in [1.807, 2.05) is 55.5 Å². The maximum Gasteiger partial charge on any atom is 0.258 e. The molecule has 3 aromatic rings. The van der Waals surface area contributed by atoms with Crippen LogP contribution in [0.4, 0.5) is 0 Å². The fraction of sp³-hybridized carbons (Fsp3) is 0.318. The number of aromatic nitrogens is 2. The summed E-state index contributed by atoms with van der Waals surface area (Å²) >= 11 is 0. The van der Waals surface area contributed by atoms with Crippen LogP contribution < -0.4 is 10.1 Å². The van der Waals surface area contributed by atoms with Gasteiger partial charge in [0.1, 0.15) is 5.75 Å². The largest absolute Gasteiger partial charge is 0.483 e. The first-order valence-electron chi connectivity index (χ1n) is 9.21. The molecule has 0 unspecified atom stereocenters. The molecule has 1 amide bonds. The number of aryl methyl sites for hydroxylation is 1. The molecule has 0 bridgehead atoms. The minimum atomic E-state index is -0.251. The first-order valence-corrected chi connectivity index (χ1v) is 9.21. The molecule has 28 heavy (non-hydrogen) atoms. The van der Waals surface area contributed by atoms with Crippen molar-refractivity contribution < 1.29 is 14.1 Å². The van der Waals surface area contributed by atoms with Crippen LogP contribution >= 0.6 is 0 Å². The van der Waals surface area contributed by atoms with Gasteiger partial charge in [-0.1, -0.05) is 74.0 Å². The monoisotopic (exact) mass is 379 g/mol. The van der Waals surface area contributed by atoms with Gasteiger partial charge in [0.25, 0.3) is 5.91 Å². The highest BCUT2D eigenvalue weighted by molar-refractivity contribution is 5.77. The van der Waals surface area contributed by atoms with Gasteiger partial charge in [0.05, 0.1) is 6.54 Å². The van der Waals surface area contributed by atoms with Crippen LogP contribution in [0.5, 0.6) is 5.75 Å². The molecule has 0 aliphatic rings. The normalized spacial score (nSPS) is 11.3. The number of carbonyl (C=O) groups is 1. The van der Waals surface area contributed by atoms with Crippen molar-refractivity contribution in [3.8, 4) is 17.1 Å². The van der Waals surface area contributed by atoms with Crippen LogP contribution in [0.3, 0.4) is 0 Å². The maximum absolute atomic E-state index is 12.1. The highest BCUT2D eigenvalue weighted by Gasteiger charge is 2.19. The lowest BCUT2D eigenvalue weighted by Crippen LogP contribution is -2.29. The van der Waals surface area contributed by atoms with Gasteiger partial charge in [-0.15, -0.1) is 0 Å². The van der Waals surface area contributed by atoms with Crippen molar-refractivity contribution in [1.29, 1.82) is 0 Å². The zero-order chi connectivity index (χ0) is 20.1. The Morgan fingerprint density at radius 1 is 1.11 bits per heavy atom. The third kappa shape index (κ3) is 4.97. The molecule has 0 saturated carbocycles. The molecular weight excluding hydrogens is 354 g/mol. The van der Waals surface area contributed by atoms with E-state index in [-0.39, 0.29) is 24.5 Å². The Hall–Kier alpha value is -3.15. The summed E-state index contributed by atoms with van der Waals surface area (Å²) in [6.07, 6.45) is 0. The second-order valence-corrected chi connectivity index (χ2v) is 7.69. The summed E-state index contributed by atoms with van der Waals surface area (Å²) in [7, 11) is 0. The quantitative estimate of drug-likeness (QED) is 0.699.